The second-order valence-electron chi connectivity index (χ2n) is 4.79. The number of nitrogen functional groups attached to an aromatic ring is 1. The van der Waals surface area contributed by atoms with Gasteiger partial charge in [0.2, 0.25) is 5.82 Å². The molecule has 0 spiro atoms. The molecule has 0 fully saturated rings. The van der Waals surface area contributed by atoms with Crippen LogP contribution < -0.4 is 5.73 Å². The molecule has 3 rings (SSSR count). The predicted molar refractivity (Wildman–Crippen MR) is 91.1 cm³/mol. The Morgan fingerprint density at radius 1 is 1.18 bits per heavy atom. The molecule has 0 aliphatic heterocycles. The third-order valence-electron chi connectivity index (χ3n) is 3.45. The van der Waals surface area contributed by atoms with Gasteiger partial charge in [-0.2, -0.15) is 4.98 Å². The van der Waals surface area contributed by atoms with E-state index >= 15 is 0 Å². The highest BCUT2D eigenvalue weighted by Gasteiger charge is 2.15. The normalized spacial score (nSPS) is 10.9. The first kappa shape index (κ1) is 14.9. The molecule has 1 heterocycles. The van der Waals surface area contributed by atoms with Crippen LogP contribution in [0, 0.1) is 6.92 Å². The summed E-state index contributed by atoms with van der Waals surface area (Å²) in [4.78, 5) is 5.54. The van der Waals surface area contributed by atoms with Gasteiger partial charge in [0.1, 0.15) is 0 Å². The van der Waals surface area contributed by atoms with E-state index in [1.807, 2.05) is 49.6 Å². The molecule has 3 aromatic rings. The second kappa shape index (κ2) is 6.02. The average molecular weight is 332 g/mol. The van der Waals surface area contributed by atoms with E-state index in [0.717, 1.165) is 21.6 Å². The zero-order valence-corrected chi connectivity index (χ0v) is 13.7. The van der Waals surface area contributed by atoms with Crippen molar-refractivity contribution in [2.75, 3.05) is 12.0 Å². The maximum absolute atomic E-state index is 6.24. The van der Waals surface area contributed by atoms with Gasteiger partial charge in [-0.05, 0) is 43.0 Å². The summed E-state index contributed by atoms with van der Waals surface area (Å²) in [6.07, 6.45) is 2.00. The van der Waals surface area contributed by atoms with Crippen LogP contribution >= 0.6 is 23.4 Å². The minimum Gasteiger partial charge on any atom is -0.398 e. The maximum atomic E-state index is 6.24. The van der Waals surface area contributed by atoms with Gasteiger partial charge in [-0.1, -0.05) is 28.9 Å². The van der Waals surface area contributed by atoms with E-state index in [1.54, 1.807) is 11.8 Å². The second-order valence-corrected chi connectivity index (χ2v) is 6.08. The Labute approximate surface area is 137 Å². The van der Waals surface area contributed by atoms with E-state index in [0.29, 0.717) is 22.4 Å². The summed E-state index contributed by atoms with van der Waals surface area (Å²) in [7, 11) is 0. The fourth-order valence-corrected chi connectivity index (χ4v) is 2.77. The van der Waals surface area contributed by atoms with Crippen LogP contribution in [0.15, 0.2) is 45.8 Å². The van der Waals surface area contributed by atoms with Gasteiger partial charge in [0.15, 0.2) is 0 Å². The van der Waals surface area contributed by atoms with Crippen molar-refractivity contribution in [3.63, 3.8) is 0 Å². The standard InChI is InChI=1S/C16H14ClN3OS/c1-9-11(4-3-5-14(9)18)15-19-16(21-20-15)12-8-10(22-2)6-7-13(12)17/h3-8H,18H2,1-2H3. The minimum atomic E-state index is 0.401. The number of hydrogen-bond donors (Lipinski definition) is 1. The minimum absolute atomic E-state index is 0.401. The van der Waals surface area contributed by atoms with Gasteiger partial charge < -0.3 is 10.3 Å². The number of rotatable bonds is 3. The molecule has 0 aliphatic rings. The van der Waals surface area contributed by atoms with E-state index in [-0.39, 0.29) is 0 Å². The summed E-state index contributed by atoms with van der Waals surface area (Å²) in [6, 6.07) is 11.4. The first-order chi connectivity index (χ1) is 10.6. The first-order valence-electron chi connectivity index (χ1n) is 6.63. The summed E-state index contributed by atoms with van der Waals surface area (Å²) in [5, 5.41) is 4.64. The van der Waals surface area contributed by atoms with Crippen LogP contribution in [-0.4, -0.2) is 16.4 Å². The number of benzene rings is 2. The van der Waals surface area contributed by atoms with Crippen LogP contribution in [0.5, 0.6) is 0 Å². The Balaban J connectivity index is 2.06. The highest BCUT2D eigenvalue weighted by molar-refractivity contribution is 7.98. The largest absolute Gasteiger partial charge is 0.398 e. The van der Waals surface area contributed by atoms with E-state index in [2.05, 4.69) is 10.1 Å². The molecule has 2 N–H and O–H groups in total. The van der Waals surface area contributed by atoms with Crippen LogP contribution in [0.1, 0.15) is 5.56 Å². The van der Waals surface area contributed by atoms with E-state index < -0.39 is 0 Å². The van der Waals surface area contributed by atoms with Crippen LogP contribution in [-0.2, 0) is 0 Å². The summed E-state index contributed by atoms with van der Waals surface area (Å²) in [5.41, 5.74) is 9.14. The van der Waals surface area contributed by atoms with Gasteiger partial charge in [-0.15, -0.1) is 11.8 Å². The van der Waals surface area contributed by atoms with Gasteiger partial charge in [-0.3, -0.25) is 0 Å². The van der Waals surface area contributed by atoms with Crippen LogP contribution in [0.4, 0.5) is 5.69 Å². The molecule has 0 amide bonds. The maximum Gasteiger partial charge on any atom is 0.259 e. The number of aromatic nitrogens is 2. The highest BCUT2D eigenvalue weighted by atomic mass is 35.5. The lowest BCUT2D eigenvalue weighted by molar-refractivity contribution is 0.432. The average Bonchev–Trinajstić information content (AvgIpc) is 3.00. The monoisotopic (exact) mass is 331 g/mol. The quantitative estimate of drug-likeness (QED) is 0.558. The molecule has 22 heavy (non-hydrogen) atoms. The Morgan fingerprint density at radius 2 is 2.00 bits per heavy atom. The zero-order chi connectivity index (χ0) is 15.7. The Morgan fingerprint density at radius 3 is 2.77 bits per heavy atom. The summed E-state index contributed by atoms with van der Waals surface area (Å²) < 4.78 is 5.38. The number of nitrogens with two attached hydrogens (primary N) is 1. The third kappa shape index (κ3) is 2.69. The summed E-state index contributed by atoms with van der Waals surface area (Å²) in [5.74, 6) is 0.906. The molecule has 0 saturated heterocycles. The molecule has 0 bridgehead atoms. The fourth-order valence-electron chi connectivity index (χ4n) is 2.13. The zero-order valence-electron chi connectivity index (χ0n) is 12.1. The molecule has 6 heteroatoms. The third-order valence-corrected chi connectivity index (χ3v) is 4.50. The van der Waals surface area contributed by atoms with Gasteiger partial charge in [0, 0.05) is 16.1 Å². The lowest BCUT2D eigenvalue weighted by atomic mass is 10.1. The molecule has 1 aromatic heterocycles. The molecule has 0 atom stereocenters. The van der Waals surface area contributed by atoms with Crippen molar-refractivity contribution in [2.24, 2.45) is 0 Å². The fraction of sp³-hybridized carbons (Fsp3) is 0.125. The number of nitrogens with zero attached hydrogens (tertiary/aromatic N) is 2. The number of anilines is 1. The molecular weight excluding hydrogens is 318 g/mol. The lowest BCUT2D eigenvalue weighted by Crippen LogP contribution is -1.93. The molecule has 4 nitrogen and oxygen atoms in total. The van der Waals surface area contributed by atoms with Gasteiger partial charge in [0.05, 0.1) is 10.6 Å². The molecule has 2 aromatic carbocycles. The smallest absolute Gasteiger partial charge is 0.259 e. The van der Waals surface area contributed by atoms with Crippen LogP contribution in [0.2, 0.25) is 5.02 Å². The molecule has 112 valence electrons. The Kier molecular flexibility index (Phi) is 4.09. The summed E-state index contributed by atoms with van der Waals surface area (Å²) >= 11 is 7.87. The van der Waals surface area contributed by atoms with Crippen molar-refractivity contribution in [3.05, 3.63) is 47.0 Å². The van der Waals surface area contributed by atoms with Crippen LogP contribution in [0.25, 0.3) is 22.8 Å². The highest BCUT2D eigenvalue weighted by Crippen LogP contribution is 2.32. The molecule has 0 unspecified atom stereocenters. The SMILES string of the molecule is CSc1ccc(Cl)c(-c2nc(-c3cccc(N)c3C)no2)c1. The van der Waals surface area contributed by atoms with E-state index in [9.17, 15) is 0 Å². The van der Waals surface area contributed by atoms with Crippen molar-refractivity contribution in [3.8, 4) is 22.8 Å². The number of thioether (sulfide) groups is 1. The van der Waals surface area contributed by atoms with Crippen molar-refractivity contribution < 1.29 is 4.52 Å². The molecular formula is C16H14ClN3OS. The Bertz CT molecular complexity index is 832. The Hall–Kier alpha value is -1.98. The summed E-state index contributed by atoms with van der Waals surface area (Å²) in [6.45, 7) is 1.93. The number of halogens is 1. The van der Waals surface area contributed by atoms with Gasteiger partial charge in [-0.25, -0.2) is 0 Å². The van der Waals surface area contributed by atoms with E-state index in [4.69, 9.17) is 21.9 Å². The van der Waals surface area contributed by atoms with Gasteiger partial charge >= 0.3 is 0 Å². The van der Waals surface area contributed by atoms with Crippen molar-refractivity contribution in [1.29, 1.82) is 0 Å². The van der Waals surface area contributed by atoms with E-state index in [1.165, 1.54) is 0 Å². The number of hydrogen-bond acceptors (Lipinski definition) is 5. The van der Waals surface area contributed by atoms with Crippen molar-refractivity contribution >= 4 is 29.1 Å². The topological polar surface area (TPSA) is 64.9 Å². The van der Waals surface area contributed by atoms with Crippen molar-refractivity contribution in [1.82, 2.24) is 10.1 Å². The molecule has 0 radical (unpaired) electrons. The lowest BCUT2D eigenvalue weighted by Gasteiger charge is -2.03. The van der Waals surface area contributed by atoms with Gasteiger partial charge in [0.25, 0.3) is 5.89 Å². The predicted octanol–water partition coefficient (Wildman–Crippen LogP) is 4.67. The first-order valence-corrected chi connectivity index (χ1v) is 8.23. The molecule has 0 saturated carbocycles. The molecule has 0 aliphatic carbocycles. The van der Waals surface area contributed by atoms with Crippen LogP contribution in [0.3, 0.4) is 0 Å². The van der Waals surface area contributed by atoms with Crippen molar-refractivity contribution in [2.45, 2.75) is 11.8 Å².